The largest absolute Gasteiger partial charge is 0.510 e. The number of amides is 1. The third-order valence-corrected chi connectivity index (χ3v) is 7.99. The molecule has 2 atom stereocenters. The Kier molecular flexibility index (Phi) is 6.80. The van der Waals surface area contributed by atoms with Gasteiger partial charge in [0, 0.05) is 41.9 Å². The van der Waals surface area contributed by atoms with Gasteiger partial charge in [-0.25, -0.2) is 18.6 Å². The topological polar surface area (TPSA) is 112 Å². The number of morpholine rings is 1. The van der Waals surface area contributed by atoms with Crippen LogP contribution in [-0.2, 0) is 20.0 Å². The number of carbonyl (C=O) groups excluding carboxylic acids is 2. The van der Waals surface area contributed by atoms with Crippen LogP contribution < -0.4 is 15.2 Å². The summed E-state index contributed by atoms with van der Waals surface area (Å²) in [6, 6.07) is 6.61. The number of methoxy groups -OCH3 is 1. The molecule has 0 radical (unpaired) electrons. The highest BCUT2D eigenvalue weighted by atomic mass is 32.2. The van der Waals surface area contributed by atoms with Crippen LogP contribution in [-0.4, -0.2) is 66.4 Å². The Labute approximate surface area is 230 Å². The summed E-state index contributed by atoms with van der Waals surface area (Å²) in [7, 11) is 1.12. The van der Waals surface area contributed by atoms with Gasteiger partial charge in [0.15, 0.2) is 17.3 Å². The maximum Gasteiger partial charge on any atom is 0.510 e. The van der Waals surface area contributed by atoms with Gasteiger partial charge in [0.05, 0.1) is 20.3 Å². The maximum absolute atomic E-state index is 15.2. The second-order valence-corrected chi connectivity index (χ2v) is 9.98. The van der Waals surface area contributed by atoms with Gasteiger partial charge in [0.25, 0.3) is 5.91 Å². The van der Waals surface area contributed by atoms with Crippen molar-refractivity contribution in [3.05, 3.63) is 87.0 Å². The highest BCUT2D eigenvalue weighted by Gasteiger charge is 2.46. The van der Waals surface area contributed by atoms with Crippen LogP contribution in [0.1, 0.15) is 33.2 Å². The van der Waals surface area contributed by atoms with E-state index in [1.807, 2.05) is 6.07 Å². The number of thioether (sulfide) groups is 1. The lowest BCUT2D eigenvalue weighted by Gasteiger charge is -2.51. The number of halogens is 2. The van der Waals surface area contributed by atoms with E-state index in [1.54, 1.807) is 22.2 Å². The lowest BCUT2D eigenvalue weighted by atomic mass is 9.94. The molecule has 0 aliphatic carbocycles. The summed E-state index contributed by atoms with van der Waals surface area (Å²) in [5, 5.41) is 2.39. The molecule has 6 rings (SSSR count). The van der Waals surface area contributed by atoms with Crippen LogP contribution in [0.25, 0.3) is 0 Å². The molecule has 0 bridgehead atoms. The second kappa shape index (κ2) is 10.4. The summed E-state index contributed by atoms with van der Waals surface area (Å²) in [6.45, 7) is -0.118. The van der Waals surface area contributed by atoms with Gasteiger partial charge in [-0.15, -0.1) is 11.8 Å². The van der Waals surface area contributed by atoms with Crippen molar-refractivity contribution in [2.75, 3.05) is 38.7 Å². The number of pyridine rings is 2. The van der Waals surface area contributed by atoms with E-state index in [-0.39, 0.29) is 42.5 Å². The Hall–Kier alpha value is -4.17. The van der Waals surface area contributed by atoms with Gasteiger partial charge in [-0.3, -0.25) is 19.3 Å². The molecule has 0 N–H and O–H groups in total. The number of aromatic nitrogens is 2. The average Bonchev–Trinajstić information content (AvgIpc) is 3.13. The van der Waals surface area contributed by atoms with Crippen molar-refractivity contribution >= 4 is 23.8 Å². The van der Waals surface area contributed by atoms with Gasteiger partial charge in [-0.05, 0) is 17.7 Å². The van der Waals surface area contributed by atoms with Crippen LogP contribution in [0, 0.1) is 11.6 Å². The first-order chi connectivity index (χ1) is 19.4. The fourth-order valence-electron chi connectivity index (χ4n) is 5.19. The molecular formula is C26H22F2N4O7S. The zero-order chi connectivity index (χ0) is 28.0. The van der Waals surface area contributed by atoms with E-state index in [9.17, 15) is 18.8 Å². The molecule has 14 heteroatoms. The van der Waals surface area contributed by atoms with Crippen LogP contribution in [0.15, 0.2) is 52.5 Å². The van der Waals surface area contributed by atoms with Crippen LogP contribution >= 0.6 is 11.8 Å². The average molecular weight is 573 g/mol. The highest BCUT2D eigenvalue weighted by molar-refractivity contribution is 7.98. The lowest BCUT2D eigenvalue weighted by molar-refractivity contribution is -0.0209. The molecule has 0 spiro atoms. The molecule has 208 valence electrons. The number of benzene rings is 1. The minimum Gasteiger partial charge on any atom is -0.451 e. The summed E-state index contributed by atoms with van der Waals surface area (Å²) in [5.74, 6) is -2.65. The molecule has 0 unspecified atom stereocenters. The number of ether oxygens (including phenoxy) is 4. The first-order valence-electron chi connectivity index (χ1n) is 12.2. The molecule has 40 heavy (non-hydrogen) atoms. The van der Waals surface area contributed by atoms with Crippen molar-refractivity contribution in [3.8, 4) is 5.75 Å². The highest BCUT2D eigenvalue weighted by Crippen LogP contribution is 2.44. The fourth-order valence-corrected chi connectivity index (χ4v) is 6.25. The van der Waals surface area contributed by atoms with Crippen molar-refractivity contribution in [2.24, 2.45) is 0 Å². The molecule has 11 nitrogen and oxygen atoms in total. The molecule has 1 amide bonds. The van der Waals surface area contributed by atoms with Gasteiger partial charge >= 0.3 is 6.16 Å². The van der Waals surface area contributed by atoms with Crippen molar-refractivity contribution in [3.63, 3.8) is 0 Å². The number of fused-ring (bicyclic) bond motifs is 4. The predicted molar refractivity (Wildman–Crippen MR) is 136 cm³/mol. The molecule has 2 aromatic heterocycles. The Morgan fingerprint density at radius 2 is 2.05 bits per heavy atom. The third-order valence-electron chi connectivity index (χ3n) is 6.94. The van der Waals surface area contributed by atoms with E-state index in [0.717, 1.165) is 13.2 Å². The summed E-state index contributed by atoms with van der Waals surface area (Å²) < 4.78 is 51.6. The van der Waals surface area contributed by atoms with Gasteiger partial charge < -0.3 is 23.8 Å². The van der Waals surface area contributed by atoms with Gasteiger partial charge in [0.2, 0.25) is 18.0 Å². The van der Waals surface area contributed by atoms with Crippen molar-refractivity contribution in [2.45, 2.75) is 23.0 Å². The molecular weight excluding hydrogens is 550 g/mol. The first-order valence-corrected chi connectivity index (χ1v) is 13.2. The van der Waals surface area contributed by atoms with E-state index >= 15 is 4.39 Å². The summed E-state index contributed by atoms with van der Waals surface area (Å²) in [6.07, 6.45) is 1.32. The number of hydrogen-bond acceptors (Lipinski definition) is 10. The van der Waals surface area contributed by atoms with Crippen LogP contribution in [0.2, 0.25) is 0 Å². The van der Waals surface area contributed by atoms with Crippen molar-refractivity contribution in [1.29, 1.82) is 0 Å². The minimum atomic E-state index is -1.03. The summed E-state index contributed by atoms with van der Waals surface area (Å²) >= 11 is 1.28. The van der Waals surface area contributed by atoms with Crippen LogP contribution in [0.4, 0.5) is 13.6 Å². The Morgan fingerprint density at radius 3 is 2.88 bits per heavy atom. The van der Waals surface area contributed by atoms with Gasteiger partial charge in [-0.1, -0.05) is 12.1 Å². The monoisotopic (exact) mass is 572 g/mol. The number of rotatable bonds is 4. The molecule has 3 aliphatic heterocycles. The van der Waals surface area contributed by atoms with Gasteiger partial charge in [-0.2, -0.15) is 0 Å². The van der Waals surface area contributed by atoms with Crippen LogP contribution in [0.5, 0.6) is 5.75 Å². The normalized spacial score (nSPS) is 19.5. The fraction of sp³-hybridized carbons (Fsp3) is 0.308. The second-order valence-electron chi connectivity index (χ2n) is 9.02. The summed E-state index contributed by atoms with van der Waals surface area (Å²) in [4.78, 5) is 44.2. The SMILES string of the molecule is COC(=O)OCOc1c2n(ccc1=O)N([C@@H]1c3cccnc3SCc3c1ccc(F)c3F)[C@@H]1COCCN1C2=O. The third kappa shape index (κ3) is 4.23. The molecule has 5 heterocycles. The van der Waals surface area contributed by atoms with E-state index < -0.39 is 48.1 Å². The van der Waals surface area contributed by atoms with E-state index in [4.69, 9.17) is 14.2 Å². The first kappa shape index (κ1) is 26.1. The number of carbonyl (C=O) groups is 2. The molecule has 1 saturated heterocycles. The molecule has 1 aromatic carbocycles. The standard InChI is InChI=1S/C26H22F2N4O7S/c1-36-26(35)39-13-38-23-18(33)6-8-31-22(23)25(34)30-9-10-37-11-19(30)32(31)21-14-4-5-17(27)20(28)16(14)12-40-24-15(21)3-2-7-29-24/h2-8,19,21H,9-13H2,1H3/t19-,21+/m1/s1. The quantitative estimate of drug-likeness (QED) is 0.342. The molecule has 1 fully saturated rings. The van der Waals surface area contributed by atoms with E-state index in [2.05, 4.69) is 9.72 Å². The summed E-state index contributed by atoms with van der Waals surface area (Å²) in [5.41, 5.74) is 0.591. The van der Waals surface area contributed by atoms with Gasteiger partial charge in [0.1, 0.15) is 17.2 Å². The van der Waals surface area contributed by atoms with Crippen molar-refractivity contribution < 1.29 is 37.3 Å². The molecule has 0 saturated carbocycles. The van der Waals surface area contributed by atoms with Crippen molar-refractivity contribution in [1.82, 2.24) is 14.6 Å². The van der Waals surface area contributed by atoms with E-state index in [1.165, 1.54) is 34.8 Å². The smallest absolute Gasteiger partial charge is 0.451 e. The number of nitrogens with zero attached hydrogens (tertiary/aromatic N) is 4. The Morgan fingerprint density at radius 1 is 1.20 bits per heavy atom. The minimum absolute atomic E-state index is 0.108. The zero-order valence-electron chi connectivity index (χ0n) is 21.0. The van der Waals surface area contributed by atoms with Crippen LogP contribution in [0.3, 0.4) is 0 Å². The number of hydrogen-bond donors (Lipinski definition) is 0. The Bertz CT molecular complexity index is 1570. The van der Waals surface area contributed by atoms with E-state index in [0.29, 0.717) is 16.2 Å². The predicted octanol–water partition coefficient (Wildman–Crippen LogP) is 2.79. The zero-order valence-corrected chi connectivity index (χ0v) is 21.9. The molecule has 3 aliphatic rings. The Balaban J connectivity index is 1.58. The molecule has 3 aromatic rings. The maximum atomic E-state index is 15.2. The lowest BCUT2D eigenvalue weighted by Crippen LogP contribution is -2.66.